The number of benzene rings is 2. The molecule has 3 fully saturated rings. The van der Waals surface area contributed by atoms with E-state index in [0.717, 1.165) is 81.1 Å². The molecule has 0 radical (unpaired) electrons. The zero-order valence-corrected chi connectivity index (χ0v) is 27.8. The molecule has 4 N–H and O–H groups in total. The van der Waals surface area contributed by atoms with Crippen LogP contribution in [0.5, 0.6) is 0 Å². The highest BCUT2D eigenvalue weighted by atomic mass is 19.4. The van der Waals surface area contributed by atoms with Crippen molar-refractivity contribution in [2.75, 3.05) is 72.4 Å². The number of carbonyl (C=O) groups excluding carboxylic acids is 4. The number of nitrogens with two attached hydrogens (primary N) is 1. The van der Waals surface area contributed by atoms with E-state index in [4.69, 9.17) is 5.73 Å². The van der Waals surface area contributed by atoms with Crippen LogP contribution in [-0.2, 0) is 11.0 Å². The highest BCUT2D eigenvalue weighted by Gasteiger charge is 2.33. The van der Waals surface area contributed by atoms with Crippen LogP contribution >= 0.6 is 0 Å². The fourth-order valence-corrected chi connectivity index (χ4v) is 6.61. The number of anilines is 4. The van der Waals surface area contributed by atoms with E-state index in [1.54, 1.807) is 4.90 Å². The number of amides is 5. The van der Waals surface area contributed by atoms with E-state index in [-0.39, 0.29) is 29.7 Å². The van der Waals surface area contributed by atoms with Crippen LogP contribution in [0.25, 0.3) is 5.69 Å². The topological polar surface area (TPSA) is 162 Å². The maximum absolute atomic E-state index is 13.1. The minimum atomic E-state index is -4.73. The van der Waals surface area contributed by atoms with Crippen LogP contribution in [0.3, 0.4) is 0 Å². The molecule has 0 saturated carbocycles. The number of hydrogen-bond donors (Lipinski definition) is 3. The standard InChI is InChI=1S/C35H35F3N10O4/c36-35(37,38)29-3-1-2-27(40-29)33(51)41-28-21-48(43-31(28)32(39)50)26-10-6-23(7-11-26)45-16-14-44(15-17-45)18-22-19-46(20-22)24-4-8-25(9-5-24)47-13-12-30(49)42-34(47)52/h1-11,21-22H,12-20H2,(H2,39,50)(H,41,51)(H,42,49,52). The number of urea groups is 1. The molecule has 0 bridgehead atoms. The number of primary amides is 1. The highest BCUT2D eigenvalue weighted by Crippen LogP contribution is 2.30. The molecular formula is C35H35F3N10O4. The molecule has 14 nitrogen and oxygen atoms in total. The van der Waals surface area contributed by atoms with Crippen molar-refractivity contribution in [2.24, 2.45) is 11.7 Å². The first-order valence-electron chi connectivity index (χ1n) is 16.7. The van der Waals surface area contributed by atoms with Crippen molar-refractivity contribution in [3.8, 4) is 5.69 Å². The van der Waals surface area contributed by atoms with Gasteiger partial charge < -0.3 is 20.9 Å². The lowest BCUT2D eigenvalue weighted by molar-refractivity contribution is -0.141. The second-order valence-electron chi connectivity index (χ2n) is 12.9. The van der Waals surface area contributed by atoms with Crippen molar-refractivity contribution in [2.45, 2.75) is 12.6 Å². The van der Waals surface area contributed by atoms with Gasteiger partial charge in [0.1, 0.15) is 11.4 Å². The lowest BCUT2D eigenvalue weighted by Gasteiger charge is -2.45. The van der Waals surface area contributed by atoms with Crippen molar-refractivity contribution < 1.29 is 32.3 Å². The number of alkyl halides is 3. The average Bonchev–Trinajstić information content (AvgIpc) is 3.54. The predicted octanol–water partition coefficient (Wildman–Crippen LogP) is 3.34. The minimum Gasteiger partial charge on any atom is -0.371 e. The van der Waals surface area contributed by atoms with Gasteiger partial charge in [0.2, 0.25) is 5.91 Å². The van der Waals surface area contributed by atoms with Crippen molar-refractivity contribution in [3.63, 3.8) is 0 Å². The number of piperazine rings is 1. The summed E-state index contributed by atoms with van der Waals surface area (Å²) in [4.78, 5) is 60.4. The Balaban J connectivity index is 0.897. The average molecular weight is 717 g/mol. The lowest BCUT2D eigenvalue weighted by Crippen LogP contribution is -2.55. The second-order valence-corrected chi connectivity index (χ2v) is 12.9. The normalized spacial score (nSPS) is 17.2. The largest absolute Gasteiger partial charge is 0.433 e. The Kier molecular flexibility index (Phi) is 9.27. The Morgan fingerprint density at radius 3 is 2.12 bits per heavy atom. The van der Waals surface area contributed by atoms with E-state index in [1.165, 1.54) is 10.9 Å². The van der Waals surface area contributed by atoms with Gasteiger partial charge in [-0.1, -0.05) is 6.07 Å². The van der Waals surface area contributed by atoms with Gasteiger partial charge in [0.05, 0.1) is 17.6 Å². The van der Waals surface area contributed by atoms with Crippen molar-refractivity contribution in [3.05, 3.63) is 90.0 Å². The molecule has 17 heteroatoms. The van der Waals surface area contributed by atoms with Crippen LogP contribution in [-0.4, -0.2) is 95.8 Å². The summed E-state index contributed by atoms with van der Waals surface area (Å²) in [5.41, 5.74) is 6.94. The molecule has 270 valence electrons. The summed E-state index contributed by atoms with van der Waals surface area (Å²) >= 11 is 0. The van der Waals surface area contributed by atoms with Crippen LogP contribution in [0.15, 0.2) is 72.9 Å². The number of nitrogens with one attached hydrogen (secondary N) is 2. The number of nitrogens with zero attached hydrogens (tertiary/aromatic N) is 7. The molecule has 0 atom stereocenters. The van der Waals surface area contributed by atoms with Gasteiger partial charge in [0.15, 0.2) is 5.69 Å². The molecular weight excluding hydrogens is 681 g/mol. The van der Waals surface area contributed by atoms with Gasteiger partial charge in [-0.05, 0) is 60.7 Å². The summed E-state index contributed by atoms with van der Waals surface area (Å²) in [6.07, 6.45) is -3.06. The fourth-order valence-electron chi connectivity index (χ4n) is 6.61. The van der Waals surface area contributed by atoms with Crippen LogP contribution in [0.4, 0.5) is 40.7 Å². The van der Waals surface area contributed by atoms with E-state index >= 15 is 0 Å². The quantitative estimate of drug-likeness (QED) is 0.236. The van der Waals surface area contributed by atoms with Crippen LogP contribution < -0.4 is 31.1 Å². The fraction of sp³-hybridized carbons (Fsp3) is 0.314. The molecule has 2 aromatic heterocycles. The maximum atomic E-state index is 13.1. The first-order chi connectivity index (χ1) is 24.9. The van der Waals surface area contributed by atoms with E-state index < -0.39 is 29.4 Å². The third kappa shape index (κ3) is 7.39. The number of carbonyl (C=O) groups is 4. The van der Waals surface area contributed by atoms with E-state index in [9.17, 15) is 32.3 Å². The van der Waals surface area contributed by atoms with Crippen molar-refractivity contribution >= 4 is 46.5 Å². The molecule has 2 aromatic carbocycles. The van der Waals surface area contributed by atoms with E-state index in [1.807, 2.05) is 48.5 Å². The van der Waals surface area contributed by atoms with Gasteiger partial charge >= 0.3 is 12.2 Å². The SMILES string of the molecule is NC(=O)c1nn(-c2ccc(N3CCN(CC4CN(c5ccc(N6CCC(=O)NC6=O)cc5)C4)CC3)cc2)cc1NC(=O)c1cccc(C(F)(F)F)n1. The number of pyridine rings is 1. The molecule has 3 aliphatic rings. The summed E-state index contributed by atoms with van der Waals surface area (Å²) in [6, 6.07) is 17.9. The molecule has 4 aromatic rings. The number of aromatic nitrogens is 3. The monoisotopic (exact) mass is 716 g/mol. The summed E-state index contributed by atoms with van der Waals surface area (Å²) in [7, 11) is 0. The Labute approximate surface area is 296 Å². The van der Waals surface area contributed by atoms with Gasteiger partial charge in [-0.25, -0.2) is 14.5 Å². The second kappa shape index (κ2) is 14.0. The van der Waals surface area contributed by atoms with Gasteiger partial charge in [-0.3, -0.25) is 29.5 Å². The zero-order chi connectivity index (χ0) is 36.6. The zero-order valence-electron chi connectivity index (χ0n) is 27.8. The van der Waals surface area contributed by atoms with E-state index in [0.29, 0.717) is 18.2 Å². The maximum Gasteiger partial charge on any atom is 0.433 e. The molecule has 3 saturated heterocycles. The van der Waals surface area contributed by atoms with E-state index in [2.05, 4.69) is 35.4 Å². The third-order valence-electron chi connectivity index (χ3n) is 9.37. The minimum absolute atomic E-state index is 0.0626. The summed E-state index contributed by atoms with van der Waals surface area (Å²) in [5.74, 6) is -1.57. The van der Waals surface area contributed by atoms with Crippen LogP contribution in [0, 0.1) is 5.92 Å². The summed E-state index contributed by atoms with van der Waals surface area (Å²) < 4.78 is 40.6. The molecule has 7 rings (SSSR count). The third-order valence-corrected chi connectivity index (χ3v) is 9.37. The van der Waals surface area contributed by atoms with Gasteiger partial charge in [-0.15, -0.1) is 0 Å². The predicted molar refractivity (Wildman–Crippen MR) is 186 cm³/mol. The molecule has 0 aliphatic carbocycles. The first-order valence-corrected chi connectivity index (χ1v) is 16.7. The Hall–Kier alpha value is -5.97. The lowest BCUT2D eigenvalue weighted by atomic mass is 9.98. The summed E-state index contributed by atoms with van der Waals surface area (Å²) in [5, 5.41) is 8.96. The van der Waals surface area contributed by atoms with Crippen molar-refractivity contribution in [1.82, 2.24) is 25.0 Å². The number of rotatable bonds is 9. The number of hydrogen-bond acceptors (Lipinski definition) is 9. The summed E-state index contributed by atoms with van der Waals surface area (Å²) in [6.45, 7) is 6.82. The number of imide groups is 1. The molecule has 5 heterocycles. The molecule has 0 spiro atoms. The van der Waals surface area contributed by atoms with Gasteiger partial charge in [0.25, 0.3) is 11.8 Å². The first kappa shape index (κ1) is 34.5. The molecule has 52 heavy (non-hydrogen) atoms. The Morgan fingerprint density at radius 1 is 0.846 bits per heavy atom. The Morgan fingerprint density at radius 2 is 1.48 bits per heavy atom. The Bertz CT molecular complexity index is 1990. The van der Waals surface area contributed by atoms with Gasteiger partial charge in [-0.2, -0.15) is 18.3 Å². The van der Waals surface area contributed by atoms with Crippen LogP contribution in [0.1, 0.15) is 33.1 Å². The molecule has 5 amide bonds. The van der Waals surface area contributed by atoms with Crippen LogP contribution in [0.2, 0.25) is 0 Å². The molecule has 0 unspecified atom stereocenters. The van der Waals surface area contributed by atoms with Crippen molar-refractivity contribution in [1.29, 1.82) is 0 Å². The van der Waals surface area contributed by atoms with Gasteiger partial charge in [0, 0.05) is 81.8 Å². The number of halogens is 3. The smallest absolute Gasteiger partial charge is 0.371 e. The molecule has 3 aliphatic heterocycles. The highest BCUT2D eigenvalue weighted by molar-refractivity contribution is 6.07.